The summed E-state index contributed by atoms with van der Waals surface area (Å²) in [6, 6.07) is 1.77. The number of nitrogens with two attached hydrogens (primary N) is 1. The molecule has 0 saturated carbocycles. The van der Waals surface area contributed by atoms with Crippen molar-refractivity contribution in [3.63, 3.8) is 0 Å². The van der Waals surface area contributed by atoms with Gasteiger partial charge in [0.05, 0.1) is 5.56 Å². The average Bonchev–Trinajstić information content (AvgIpc) is 2.29. The molecule has 3 N–H and O–H groups in total. The average molecular weight is 315 g/mol. The van der Waals surface area contributed by atoms with E-state index in [0.717, 1.165) is 17.4 Å². The van der Waals surface area contributed by atoms with Crippen LogP contribution in [0.4, 0.5) is 5.82 Å². The minimum absolute atomic E-state index is 0.0956. The second-order valence-electron chi connectivity index (χ2n) is 4.55. The van der Waals surface area contributed by atoms with E-state index < -0.39 is 0 Å². The van der Waals surface area contributed by atoms with E-state index in [0.29, 0.717) is 5.56 Å². The number of carbonyl (C=O) groups is 1. The number of hydrogen-bond donors (Lipinski definition) is 2. The second-order valence-corrected chi connectivity index (χ2v) is 5.47. The van der Waals surface area contributed by atoms with Gasteiger partial charge in [0.25, 0.3) is 5.91 Å². The fourth-order valence-electron chi connectivity index (χ4n) is 1.46. The first-order chi connectivity index (χ1) is 8.40. The lowest BCUT2D eigenvalue weighted by atomic mass is 10.2. The van der Waals surface area contributed by atoms with Gasteiger partial charge in [-0.2, -0.15) is 0 Å². The molecule has 100 valence electrons. The van der Waals surface area contributed by atoms with Crippen LogP contribution in [0, 0.1) is 0 Å². The lowest BCUT2D eigenvalue weighted by Crippen LogP contribution is -2.35. The van der Waals surface area contributed by atoms with Gasteiger partial charge in [-0.05, 0) is 56.0 Å². The summed E-state index contributed by atoms with van der Waals surface area (Å²) in [6.07, 6.45) is 2.46. The molecule has 0 saturated heterocycles. The summed E-state index contributed by atoms with van der Waals surface area (Å²) in [5.41, 5.74) is 6.09. The van der Waals surface area contributed by atoms with E-state index in [-0.39, 0.29) is 17.8 Å². The lowest BCUT2D eigenvalue weighted by Gasteiger charge is -2.17. The van der Waals surface area contributed by atoms with Crippen LogP contribution in [-0.4, -0.2) is 42.5 Å². The second kappa shape index (κ2) is 6.70. The van der Waals surface area contributed by atoms with Gasteiger partial charge in [-0.15, -0.1) is 0 Å². The van der Waals surface area contributed by atoms with E-state index in [9.17, 15) is 4.79 Å². The topological polar surface area (TPSA) is 71.2 Å². The van der Waals surface area contributed by atoms with Gasteiger partial charge >= 0.3 is 0 Å². The van der Waals surface area contributed by atoms with Crippen LogP contribution in [0.3, 0.4) is 0 Å². The maximum absolute atomic E-state index is 12.0. The highest BCUT2D eigenvalue weighted by atomic mass is 79.9. The van der Waals surface area contributed by atoms with Gasteiger partial charge in [-0.25, -0.2) is 4.98 Å². The highest BCUT2D eigenvalue weighted by molar-refractivity contribution is 9.10. The fourth-order valence-corrected chi connectivity index (χ4v) is 1.79. The van der Waals surface area contributed by atoms with Crippen molar-refractivity contribution in [1.82, 2.24) is 15.2 Å². The Morgan fingerprint density at radius 3 is 2.89 bits per heavy atom. The minimum atomic E-state index is -0.187. The van der Waals surface area contributed by atoms with Crippen molar-refractivity contribution in [2.45, 2.75) is 19.4 Å². The largest absolute Gasteiger partial charge is 0.383 e. The monoisotopic (exact) mass is 314 g/mol. The lowest BCUT2D eigenvalue weighted by molar-refractivity contribution is 0.0937. The number of anilines is 1. The molecule has 0 aliphatic heterocycles. The van der Waals surface area contributed by atoms with Crippen LogP contribution in [-0.2, 0) is 0 Å². The first-order valence-electron chi connectivity index (χ1n) is 5.76. The van der Waals surface area contributed by atoms with E-state index in [1.807, 2.05) is 21.0 Å². The molecule has 6 heteroatoms. The summed E-state index contributed by atoms with van der Waals surface area (Å²) >= 11 is 3.28. The van der Waals surface area contributed by atoms with Gasteiger partial charge in [0.2, 0.25) is 0 Å². The summed E-state index contributed by atoms with van der Waals surface area (Å²) in [5, 5.41) is 2.91. The number of carbonyl (C=O) groups excluding carboxylic acids is 1. The third-order valence-corrected chi connectivity index (χ3v) is 2.95. The molecule has 0 fully saturated rings. The molecule has 0 bridgehead atoms. The minimum Gasteiger partial charge on any atom is -0.383 e. The van der Waals surface area contributed by atoms with Crippen molar-refractivity contribution >= 4 is 27.7 Å². The molecule has 1 amide bonds. The molecule has 1 atom stereocenters. The number of nitrogens with zero attached hydrogens (tertiary/aromatic N) is 2. The van der Waals surface area contributed by atoms with Gasteiger partial charge in [0, 0.05) is 16.7 Å². The summed E-state index contributed by atoms with van der Waals surface area (Å²) in [4.78, 5) is 18.0. The van der Waals surface area contributed by atoms with Gasteiger partial charge < -0.3 is 16.0 Å². The Balaban J connectivity index is 2.62. The van der Waals surface area contributed by atoms with Crippen molar-refractivity contribution in [2.24, 2.45) is 0 Å². The quantitative estimate of drug-likeness (QED) is 0.864. The normalized spacial score (nSPS) is 12.5. The van der Waals surface area contributed by atoms with E-state index in [4.69, 9.17) is 5.73 Å². The maximum atomic E-state index is 12.0. The van der Waals surface area contributed by atoms with Crippen LogP contribution in [0.5, 0.6) is 0 Å². The molecule has 1 aromatic heterocycles. The predicted molar refractivity (Wildman–Crippen MR) is 76.4 cm³/mol. The first-order valence-corrected chi connectivity index (χ1v) is 6.56. The Kier molecular flexibility index (Phi) is 5.55. The first kappa shape index (κ1) is 14.9. The number of hydrogen-bond acceptors (Lipinski definition) is 4. The third kappa shape index (κ3) is 4.62. The van der Waals surface area contributed by atoms with E-state index in [2.05, 4.69) is 31.1 Å². The molecule has 1 unspecified atom stereocenters. The Morgan fingerprint density at radius 1 is 1.61 bits per heavy atom. The number of rotatable bonds is 5. The van der Waals surface area contributed by atoms with Crippen LogP contribution in [0.1, 0.15) is 23.7 Å². The number of aromatic nitrogens is 1. The molecule has 5 nitrogen and oxygen atoms in total. The van der Waals surface area contributed by atoms with Gasteiger partial charge in [-0.3, -0.25) is 4.79 Å². The van der Waals surface area contributed by atoms with Crippen LogP contribution < -0.4 is 11.1 Å². The molecule has 18 heavy (non-hydrogen) atoms. The zero-order chi connectivity index (χ0) is 13.7. The molecule has 0 radical (unpaired) electrons. The number of nitrogen functional groups attached to an aromatic ring is 1. The standard InChI is InChI=1S/C12H19BrN4O/c1-8(4-5-17(2)3)16-12(18)10-6-9(13)7-15-11(10)14/h6-8H,4-5H2,1-3H3,(H2,14,15)(H,16,18). The highest BCUT2D eigenvalue weighted by Gasteiger charge is 2.14. The van der Waals surface area contributed by atoms with E-state index >= 15 is 0 Å². The number of pyridine rings is 1. The molecule has 1 heterocycles. The van der Waals surface area contributed by atoms with Crippen LogP contribution in [0.15, 0.2) is 16.7 Å². The molecule has 0 aliphatic rings. The van der Waals surface area contributed by atoms with Crippen molar-refractivity contribution in [1.29, 1.82) is 0 Å². The highest BCUT2D eigenvalue weighted by Crippen LogP contribution is 2.15. The Bertz CT molecular complexity index is 423. The number of halogens is 1. The smallest absolute Gasteiger partial charge is 0.255 e. The van der Waals surface area contributed by atoms with Crippen LogP contribution in [0.25, 0.3) is 0 Å². The fraction of sp³-hybridized carbons (Fsp3) is 0.500. The Labute approximate surface area is 116 Å². The zero-order valence-corrected chi connectivity index (χ0v) is 12.5. The van der Waals surface area contributed by atoms with Crippen molar-refractivity contribution < 1.29 is 4.79 Å². The van der Waals surface area contributed by atoms with E-state index in [1.165, 1.54) is 0 Å². The molecular formula is C12H19BrN4O. The number of nitrogens with one attached hydrogen (secondary N) is 1. The van der Waals surface area contributed by atoms with Crippen LogP contribution in [0.2, 0.25) is 0 Å². The predicted octanol–water partition coefficient (Wildman–Crippen LogP) is 1.50. The Hall–Kier alpha value is -1.14. The Morgan fingerprint density at radius 2 is 2.28 bits per heavy atom. The van der Waals surface area contributed by atoms with Crippen molar-refractivity contribution in [2.75, 3.05) is 26.4 Å². The summed E-state index contributed by atoms with van der Waals surface area (Å²) < 4.78 is 0.739. The molecule has 0 aromatic carbocycles. The molecule has 0 aliphatic carbocycles. The summed E-state index contributed by atoms with van der Waals surface area (Å²) in [6.45, 7) is 2.90. The molecule has 0 spiro atoms. The maximum Gasteiger partial charge on any atom is 0.255 e. The molecule has 1 rings (SSSR count). The van der Waals surface area contributed by atoms with Crippen molar-refractivity contribution in [3.05, 3.63) is 22.3 Å². The molecular weight excluding hydrogens is 296 g/mol. The van der Waals surface area contributed by atoms with Crippen LogP contribution >= 0.6 is 15.9 Å². The molecule has 1 aromatic rings. The van der Waals surface area contributed by atoms with Gasteiger partial charge in [0.15, 0.2) is 0 Å². The van der Waals surface area contributed by atoms with Gasteiger partial charge in [-0.1, -0.05) is 0 Å². The summed E-state index contributed by atoms with van der Waals surface area (Å²) in [5.74, 6) is 0.0584. The number of amides is 1. The third-order valence-electron chi connectivity index (χ3n) is 2.52. The zero-order valence-electron chi connectivity index (χ0n) is 10.9. The van der Waals surface area contributed by atoms with E-state index in [1.54, 1.807) is 12.3 Å². The van der Waals surface area contributed by atoms with Crippen molar-refractivity contribution in [3.8, 4) is 0 Å². The summed E-state index contributed by atoms with van der Waals surface area (Å²) in [7, 11) is 4.01. The van der Waals surface area contributed by atoms with Gasteiger partial charge in [0.1, 0.15) is 5.82 Å². The SMILES string of the molecule is CC(CCN(C)C)NC(=O)c1cc(Br)cnc1N.